The van der Waals surface area contributed by atoms with E-state index in [1.54, 1.807) is 12.1 Å². The molecule has 4 nitrogen and oxygen atoms in total. The second-order valence-corrected chi connectivity index (χ2v) is 4.33. The summed E-state index contributed by atoms with van der Waals surface area (Å²) in [7, 11) is 0. The molecule has 1 atom stereocenters. The first kappa shape index (κ1) is 9.66. The van der Waals surface area contributed by atoms with Crippen molar-refractivity contribution in [2.24, 2.45) is 0 Å². The van der Waals surface area contributed by atoms with Crippen molar-refractivity contribution >= 4 is 11.0 Å². The number of fused-ring (bicyclic) bond motifs is 1. The molecule has 2 heterocycles. The lowest BCUT2D eigenvalue weighted by molar-refractivity contribution is 0.378. The standard InChI is InChI=1S/C12H15N3O/c16-10-3-4-12-11(6-10)14-8-15(12)9-2-1-5-13-7-9/h3-4,6,8-9,13,16H,1-2,5,7H2. The van der Waals surface area contributed by atoms with Gasteiger partial charge in [0.15, 0.2) is 0 Å². The van der Waals surface area contributed by atoms with Crippen LogP contribution >= 0.6 is 0 Å². The Kier molecular flexibility index (Phi) is 2.29. The maximum Gasteiger partial charge on any atom is 0.117 e. The van der Waals surface area contributed by atoms with Crippen molar-refractivity contribution < 1.29 is 5.11 Å². The van der Waals surface area contributed by atoms with Crippen LogP contribution < -0.4 is 5.32 Å². The number of phenols is 1. The summed E-state index contributed by atoms with van der Waals surface area (Å²) in [5.74, 6) is 0.277. The van der Waals surface area contributed by atoms with Crippen LogP contribution in [0.15, 0.2) is 24.5 Å². The van der Waals surface area contributed by atoms with Gasteiger partial charge in [0.1, 0.15) is 5.75 Å². The van der Waals surface area contributed by atoms with E-state index in [-0.39, 0.29) is 5.75 Å². The van der Waals surface area contributed by atoms with Gasteiger partial charge in [0, 0.05) is 18.7 Å². The molecule has 3 rings (SSSR count). The van der Waals surface area contributed by atoms with E-state index in [0.717, 1.165) is 24.1 Å². The predicted molar refractivity (Wildman–Crippen MR) is 62.5 cm³/mol. The molecule has 0 amide bonds. The van der Waals surface area contributed by atoms with E-state index in [1.807, 2.05) is 12.4 Å². The lowest BCUT2D eigenvalue weighted by atomic mass is 10.1. The number of phenolic OH excluding ortho intramolecular Hbond substituents is 1. The van der Waals surface area contributed by atoms with Crippen LogP contribution in [0.3, 0.4) is 0 Å². The van der Waals surface area contributed by atoms with Crippen molar-refractivity contribution in [1.29, 1.82) is 0 Å². The van der Waals surface area contributed by atoms with Crippen molar-refractivity contribution in [2.45, 2.75) is 18.9 Å². The zero-order chi connectivity index (χ0) is 11.0. The smallest absolute Gasteiger partial charge is 0.117 e. The van der Waals surface area contributed by atoms with Crippen LogP contribution in [0.4, 0.5) is 0 Å². The van der Waals surface area contributed by atoms with Gasteiger partial charge in [0.2, 0.25) is 0 Å². The molecule has 2 aromatic rings. The quantitative estimate of drug-likeness (QED) is 0.764. The summed E-state index contributed by atoms with van der Waals surface area (Å²) in [6, 6.07) is 5.86. The molecule has 1 aliphatic rings. The summed E-state index contributed by atoms with van der Waals surface area (Å²) in [6.07, 6.45) is 4.28. The minimum atomic E-state index is 0.277. The van der Waals surface area contributed by atoms with E-state index in [4.69, 9.17) is 0 Å². The number of hydrogen-bond acceptors (Lipinski definition) is 3. The fraction of sp³-hybridized carbons (Fsp3) is 0.417. The number of nitrogens with one attached hydrogen (secondary N) is 1. The Labute approximate surface area is 93.9 Å². The highest BCUT2D eigenvalue weighted by Crippen LogP contribution is 2.24. The first-order valence-corrected chi connectivity index (χ1v) is 5.71. The van der Waals surface area contributed by atoms with Gasteiger partial charge in [0.05, 0.1) is 17.4 Å². The molecule has 2 N–H and O–H groups in total. The van der Waals surface area contributed by atoms with Crippen LogP contribution in [0.5, 0.6) is 5.75 Å². The molecule has 1 saturated heterocycles. The highest BCUT2D eigenvalue weighted by Gasteiger charge is 2.16. The molecule has 0 aliphatic carbocycles. The molecular weight excluding hydrogens is 202 g/mol. The lowest BCUT2D eigenvalue weighted by Crippen LogP contribution is -2.31. The summed E-state index contributed by atoms with van der Waals surface area (Å²) in [5, 5.41) is 12.8. The minimum Gasteiger partial charge on any atom is -0.508 e. The second-order valence-electron chi connectivity index (χ2n) is 4.33. The topological polar surface area (TPSA) is 50.1 Å². The third kappa shape index (κ3) is 1.55. The average molecular weight is 217 g/mol. The van der Waals surface area contributed by atoms with Gasteiger partial charge in [-0.2, -0.15) is 0 Å². The molecule has 1 aromatic heterocycles. The lowest BCUT2D eigenvalue weighted by Gasteiger charge is -2.24. The second kappa shape index (κ2) is 3.79. The number of benzene rings is 1. The van der Waals surface area contributed by atoms with Gasteiger partial charge in [-0.15, -0.1) is 0 Å². The van der Waals surface area contributed by atoms with Gasteiger partial charge in [0.25, 0.3) is 0 Å². The van der Waals surface area contributed by atoms with Crippen molar-refractivity contribution in [1.82, 2.24) is 14.9 Å². The maximum atomic E-state index is 9.39. The first-order chi connectivity index (χ1) is 7.84. The number of nitrogens with zero attached hydrogens (tertiary/aromatic N) is 2. The minimum absolute atomic E-state index is 0.277. The Hall–Kier alpha value is -1.55. The summed E-state index contributed by atoms with van der Waals surface area (Å²) in [6.45, 7) is 2.12. The Morgan fingerprint density at radius 1 is 1.44 bits per heavy atom. The van der Waals surface area contributed by atoms with Gasteiger partial charge < -0.3 is 15.0 Å². The zero-order valence-electron chi connectivity index (χ0n) is 9.06. The number of aromatic nitrogens is 2. The molecule has 4 heteroatoms. The molecule has 1 aromatic carbocycles. The van der Waals surface area contributed by atoms with Crippen LogP contribution in [0.25, 0.3) is 11.0 Å². The van der Waals surface area contributed by atoms with E-state index in [2.05, 4.69) is 14.9 Å². The number of rotatable bonds is 1. The van der Waals surface area contributed by atoms with Crippen LogP contribution in [-0.4, -0.2) is 27.7 Å². The highest BCUT2D eigenvalue weighted by atomic mass is 16.3. The molecule has 1 fully saturated rings. The van der Waals surface area contributed by atoms with Crippen LogP contribution in [0, 0.1) is 0 Å². The first-order valence-electron chi connectivity index (χ1n) is 5.71. The Bertz CT molecular complexity index is 500. The van der Waals surface area contributed by atoms with Crippen LogP contribution in [0.1, 0.15) is 18.9 Å². The fourth-order valence-corrected chi connectivity index (χ4v) is 2.38. The van der Waals surface area contributed by atoms with Crippen LogP contribution in [0.2, 0.25) is 0 Å². The predicted octanol–water partition coefficient (Wildman–Crippen LogP) is 1.67. The normalized spacial score (nSPS) is 21.4. The SMILES string of the molecule is Oc1ccc2c(c1)ncn2C1CCCNC1. The number of hydrogen-bond donors (Lipinski definition) is 2. The summed E-state index contributed by atoms with van der Waals surface area (Å²) >= 11 is 0. The van der Waals surface area contributed by atoms with Crippen molar-refractivity contribution in [3.8, 4) is 5.75 Å². The summed E-state index contributed by atoms with van der Waals surface area (Å²) in [4.78, 5) is 4.33. The number of aromatic hydroxyl groups is 1. The van der Waals surface area contributed by atoms with E-state index in [9.17, 15) is 5.11 Å². The zero-order valence-corrected chi connectivity index (χ0v) is 9.06. The van der Waals surface area contributed by atoms with Gasteiger partial charge in [-0.3, -0.25) is 0 Å². The summed E-state index contributed by atoms with van der Waals surface area (Å²) in [5.41, 5.74) is 1.97. The van der Waals surface area contributed by atoms with E-state index in [0.29, 0.717) is 6.04 Å². The molecule has 1 aliphatic heterocycles. The fourth-order valence-electron chi connectivity index (χ4n) is 2.38. The molecule has 1 unspecified atom stereocenters. The van der Waals surface area contributed by atoms with Crippen molar-refractivity contribution in [3.63, 3.8) is 0 Å². The summed E-state index contributed by atoms with van der Waals surface area (Å²) < 4.78 is 2.21. The number of piperidine rings is 1. The Morgan fingerprint density at radius 2 is 2.38 bits per heavy atom. The maximum absolute atomic E-state index is 9.39. The molecule has 0 spiro atoms. The van der Waals surface area contributed by atoms with Gasteiger partial charge >= 0.3 is 0 Å². The Balaban J connectivity index is 2.03. The van der Waals surface area contributed by atoms with Crippen molar-refractivity contribution in [3.05, 3.63) is 24.5 Å². The molecule has 84 valence electrons. The average Bonchev–Trinajstić information content (AvgIpc) is 2.73. The Morgan fingerprint density at radius 3 is 3.19 bits per heavy atom. The van der Waals surface area contributed by atoms with E-state index < -0.39 is 0 Å². The third-order valence-electron chi connectivity index (χ3n) is 3.22. The third-order valence-corrected chi connectivity index (χ3v) is 3.22. The van der Waals surface area contributed by atoms with Crippen LogP contribution in [-0.2, 0) is 0 Å². The number of imidazole rings is 1. The molecule has 0 bridgehead atoms. The largest absolute Gasteiger partial charge is 0.508 e. The van der Waals surface area contributed by atoms with Crippen molar-refractivity contribution in [2.75, 3.05) is 13.1 Å². The van der Waals surface area contributed by atoms with Gasteiger partial charge in [-0.05, 0) is 31.5 Å². The molecular formula is C12H15N3O. The molecule has 16 heavy (non-hydrogen) atoms. The van der Waals surface area contributed by atoms with Gasteiger partial charge in [-0.25, -0.2) is 4.98 Å². The van der Waals surface area contributed by atoms with E-state index in [1.165, 1.54) is 12.8 Å². The van der Waals surface area contributed by atoms with Gasteiger partial charge in [-0.1, -0.05) is 0 Å². The van der Waals surface area contributed by atoms with E-state index >= 15 is 0 Å². The monoisotopic (exact) mass is 217 g/mol. The molecule has 0 radical (unpaired) electrons. The molecule has 0 saturated carbocycles. The highest BCUT2D eigenvalue weighted by molar-refractivity contribution is 5.77.